The van der Waals surface area contributed by atoms with E-state index < -0.39 is 18.5 Å². The number of fused-ring (bicyclic) bond motifs is 1. The highest BCUT2D eigenvalue weighted by atomic mass is 16.5. The Morgan fingerprint density at radius 2 is 1.82 bits per heavy atom. The average Bonchev–Trinajstić information content (AvgIpc) is 3.17. The quantitative estimate of drug-likeness (QED) is 0.536. The lowest BCUT2D eigenvalue weighted by atomic mass is 10.1. The topological polar surface area (TPSA) is 94.3 Å². The van der Waals surface area contributed by atoms with Gasteiger partial charge in [-0.15, -0.1) is 0 Å². The van der Waals surface area contributed by atoms with E-state index >= 15 is 0 Å². The van der Waals surface area contributed by atoms with Gasteiger partial charge in [-0.2, -0.15) is 0 Å². The van der Waals surface area contributed by atoms with Crippen LogP contribution in [0.5, 0.6) is 0 Å². The first-order valence-corrected chi connectivity index (χ1v) is 8.53. The number of nitrogens with one attached hydrogen (secondary N) is 1. The van der Waals surface area contributed by atoms with Crippen LogP contribution in [0.25, 0.3) is 22.6 Å². The molecule has 7 heteroatoms. The number of benzene rings is 2. The Hall–Kier alpha value is -4.00. The molecule has 4 rings (SSSR count). The summed E-state index contributed by atoms with van der Waals surface area (Å²) in [6.07, 6.45) is 3.10. The Labute approximate surface area is 160 Å². The molecule has 2 aromatic carbocycles. The molecule has 0 saturated heterocycles. The number of para-hydroxylation sites is 2. The number of carbonyl (C=O) groups excluding carboxylic acids is 2. The normalized spacial score (nSPS) is 10.6. The maximum atomic E-state index is 12.5. The van der Waals surface area contributed by atoms with Gasteiger partial charge < -0.3 is 14.5 Å². The number of anilines is 1. The van der Waals surface area contributed by atoms with Gasteiger partial charge in [-0.25, -0.2) is 9.78 Å². The van der Waals surface area contributed by atoms with Crippen molar-refractivity contribution in [3.63, 3.8) is 0 Å². The number of nitrogens with zero attached hydrogens (tertiary/aromatic N) is 2. The molecule has 0 aliphatic carbocycles. The number of hydrogen-bond acceptors (Lipinski definition) is 6. The number of carbonyl (C=O) groups is 2. The van der Waals surface area contributed by atoms with E-state index in [1.165, 1.54) is 6.20 Å². The van der Waals surface area contributed by atoms with Gasteiger partial charge in [0.1, 0.15) is 5.52 Å². The zero-order chi connectivity index (χ0) is 19.3. The molecular weight excluding hydrogens is 358 g/mol. The lowest BCUT2D eigenvalue weighted by Crippen LogP contribution is -2.21. The van der Waals surface area contributed by atoms with E-state index in [0.29, 0.717) is 28.2 Å². The fourth-order valence-electron chi connectivity index (χ4n) is 2.68. The fraction of sp³-hybridized carbons (Fsp3) is 0.0476. The smallest absolute Gasteiger partial charge is 0.339 e. The first-order valence-electron chi connectivity index (χ1n) is 8.53. The van der Waals surface area contributed by atoms with E-state index in [9.17, 15) is 9.59 Å². The third kappa shape index (κ3) is 3.73. The molecule has 7 nitrogen and oxygen atoms in total. The van der Waals surface area contributed by atoms with E-state index in [-0.39, 0.29) is 5.56 Å². The van der Waals surface area contributed by atoms with Crippen LogP contribution in [-0.2, 0) is 9.53 Å². The summed E-state index contributed by atoms with van der Waals surface area (Å²) in [5, 5.41) is 2.60. The summed E-state index contributed by atoms with van der Waals surface area (Å²) in [7, 11) is 0. The van der Waals surface area contributed by atoms with Gasteiger partial charge in [0.2, 0.25) is 5.89 Å². The van der Waals surface area contributed by atoms with Gasteiger partial charge >= 0.3 is 5.97 Å². The van der Waals surface area contributed by atoms with Crippen LogP contribution in [0.4, 0.5) is 5.69 Å². The van der Waals surface area contributed by atoms with Crippen molar-refractivity contribution in [1.29, 1.82) is 0 Å². The van der Waals surface area contributed by atoms with Crippen LogP contribution in [0.2, 0.25) is 0 Å². The number of rotatable bonds is 5. The van der Waals surface area contributed by atoms with Gasteiger partial charge in [-0.1, -0.05) is 24.3 Å². The van der Waals surface area contributed by atoms with Gasteiger partial charge in [-0.05, 0) is 36.4 Å². The molecule has 0 fully saturated rings. The molecule has 0 radical (unpaired) electrons. The minimum absolute atomic E-state index is 0.267. The summed E-state index contributed by atoms with van der Waals surface area (Å²) in [5.74, 6) is -0.784. The van der Waals surface area contributed by atoms with Gasteiger partial charge in [0, 0.05) is 6.20 Å². The maximum Gasteiger partial charge on any atom is 0.339 e. The Bertz CT molecular complexity index is 1110. The number of aromatic nitrogens is 2. The Morgan fingerprint density at radius 3 is 2.64 bits per heavy atom. The van der Waals surface area contributed by atoms with Crippen LogP contribution in [0.1, 0.15) is 10.4 Å². The van der Waals surface area contributed by atoms with E-state index in [2.05, 4.69) is 15.3 Å². The number of oxazole rings is 1. The van der Waals surface area contributed by atoms with Crippen LogP contribution < -0.4 is 5.32 Å². The summed E-state index contributed by atoms with van der Waals surface area (Å²) in [6.45, 7) is -0.421. The van der Waals surface area contributed by atoms with Crippen molar-refractivity contribution in [2.75, 3.05) is 11.9 Å². The van der Waals surface area contributed by atoms with Crippen molar-refractivity contribution in [3.8, 4) is 11.5 Å². The fourth-order valence-corrected chi connectivity index (χ4v) is 2.68. The van der Waals surface area contributed by atoms with Gasteiger partial charge in [0.25, 0.3) is 5.91 Å². The molecule has 0 spiro atoms. The van der Waals surface area contributed by atoms with Crippen LogP contribution in [0, 0.1) is 0 Å². The number of amides is 1. The van der Waals surface area contributed by atoms with Crippen LogP contribution in [0.3, 0.4) is 0 Å². The molecule has 0 bridgehead atoms. The molecule has 138 valence electrons. The van der Waals surface area contributed by atoms with Crippen LogP contribution in [0.15, 0.2) is 77.5 Å². The Morgan fingerprint density at radius 1 is 1.00 bits per heavy atom. The molecule has 0 saturated carbocycles. The van der Waals surface area contributed by atoms with Crippen molar-refractivity contribution < 1.29 is 18.7 Å². The minimum Gasteiger partial charge on any atom is -0.452 e. The van der Waals surface area contributed by atoms with E-state index in [1.807, 2.05) is 18.2 Å². The summed E-state index contributed by atoms with van der Waals surface area (Å²) < 4.78 is 10.9. The molecule has 0 aliphatic heterocycles. The molecule has 4 aromatic rings. The lowest BCUT2D eigenvalue weighted by Gasteiger charge is -2.08. The number of hydrogen-bond donors (Lipinski definition) is 1. The van der Waals surface area contributed by atoms with Gasteiger partial charge in [0.15, 0.2) is 12.2 Å². The first kappa shape index (κ1) is 17.4. The zero-order valence-corrected chi connectivity index (χ0v) is 14.7. The number of ether oxygens (including phenoxy) is 1. The van der Waals surface area contributed by atoms with E-state index in [0.717, 1.165) is 0 Å². The minimum atomic E-state index is -0.640. The summed E-state index contributed by atoms with van der Waals surface area (Å²) in [5.41, 5.74) is 2.60. The highest BCUT2D eigenvalue weighted by molar-refractivity contribution is 5.99. The molecule has 1 N–H and O–H groups in total. The standard InChI is InChI=1S/C21H15N3O4/c25-19(23-14-6-5-11-22-12-14)13-27-21(26)16-8-2-1-7-15(16)20-24-17-9-3-4-10-18(17)28-20/h1-12H,13H2,(H,23,25). The SMILES string of the molecule is O=C(COC(=O)c1ccccc1-c1nc2ccccc2o1)Nc1cccnc1. The van der Waals surface area contributed by atoms with Crippen molar-refractivity contribution >= 4 is 28.7 Å². The highest BCUT2D eigenvalue weighted by Gasteiger charge is 2.19. The highest BCUT2D eigenvalue weighted by Crippen LogP contribution is 2.27. The second-order valence-electron chi connectivity index (χ2n) is 5.90. The Balaban J connectivity index is 1.50. The summed E-state index contributed by atoms with van der Waals surface area (Å²) in [4.78, 5) is 32.8. The second kappa shape index (κ2) is 7.71. The molecule has 2 heterocycles. The van der Waals surface area contributed by atoms with Crippen LogP contribution in [-0.4, -0.2) is 28.5 Å². The summed E-state index contributed by atoms with van der Waals surface area (Å²) >= 11 is 0. The molecule has 0 aliphatic rings. The molecule has 28 heavy (non-hydrogen) atoms. The summed E-state index contributed by atoms with van der Waals surface area (Å²) in [6, 6.07) is 17.5. The molecule has 0 atom stereocenters. The molecule has 0 unspecified atom stereocenters. The zero-order valence-electron chi connectivity index (χ0n) is 14.7. The third-order valence-electron chi connectivity index (χ3n) is 3.95. The van der Waals surface area contributed by atoms with Crippen molar-refractivity contribution in [3.05, 3.63) is 78.6 Å². The number of pyridine rings is 1. The van der Waals surface area contributed by atoms with E-state index in [4.69, 9.17) is 9.15 Å². The number of esters is 1. The van der Waals surface area contributed by atoms with Crippen molar-refractivity contribution in [1.82, 2.24) is 9.97 Å². The molecule has 2 aromatic heterocycles. The van der Waals surface area contributed by atoms with E-state index in [1.54, 1.807) is 48.7 Å². The molecule has 1 amide bonds. The predicted octanol–water partition coefficient (Wildman–Crippen LogP) is 3.69. The van der Waals surface area contributed by atoms with Gasteiger partial charge in [-0.3, -0.25) is 9.78 Å². The van der Waals surface area contributed by atoms with Crippen LogP contribution >= 0.6 is 0 Å². The average molecular weight is 373 g/mol. The van der Waals surface area contributed by atoms with Crippen molar-refractivity contribution in [2.45, 2.75) is 0 Å². The predicted molar refractivity (Wildman–Crippen MR) is 103 cm³/mol. The Kier molecular flexibility index (Phi) is 4.79. The lowest BCUT2D eigenvalue weighted by molar-refractivity contribution is -0.119. The first-order chi connectivity index (χ1) is 13.7. The third-order valence-corrected chi connectivity index (χ3v) is 3.95. The second-order valence-corrected chi connectivity index (χ2v) is 5.90. The monoisotopic (exact) mass is 373 g/mol. The largest absolute Gasteiger partial charge is 0.452 e. The van der Waals surface area contributed by atoms with Crippen molar-refractivity contribution in [2.24, 2.45) is 0 Å². The molecular formula is C21H15N3O4. The maximum absolute atomic E-state index is 12.5. The van der Waals surface area contributed by atoms with Gasteiger partial charge in [0.05, 0.1) is 23.0 Å².